The van der Waals surface area contributed by atoms with E-state index in [1.165, 1.54) is 12.1 Å². The third-order valence-electron chi connectivity index (χ3n) is 1.95. The normalized spacial score (nSPS) is 10.1. The van der Waals surface area contributed by atoms with Crippen LogP contribution >= 0.6 is 0 Å². The molecule has 0 aliphatic rings. The van der Waals surface area contributed by atoms with Crippen molar-refractivity contribution in [2.24, 2.45) is 0 Å². The Hall–Kier alpha value is -2.55. The number of nitro groups is 1. The Morgan fingerprint density at radius 3 is 2.87 bits per heavy atom. The molecule has 15 heavy (non-hydrogen) atoms. The first-order chi connectivity index (χ1) is 7.13. The molecule has 1 N–H and O–H groups in total. The Labute approximate surface area is 83.1 Å². The fourth-order valence-corrected chi connectivity index (χ4v) is 1.29. The average Bonchev–Trinajstić information content (AvgIpc) is 2.62. The van der Waals surface area contributed by atoms with Gasteiger partial charge in [-0.05, 0) is 6.07 Å². The fraction of sp³-hybridized carbons (Fsp3) is 0. The highest BCUT2D eigenvalue weighted by Gasteiger charge is 2.19. The third kappa shape index (κ3) is 1.26. The van der Waals surface area contributed by atoms with Crippen LogP contribution in [0.2, 0.25) is 0 Å². The summed E-state index contributed by atoms with van der Waals surface area (Å²) in [6.45, 7) is 0. The SMILES string of the molecule is N#Cc1cc2c(O)ccc([N+](=O)[O-])c2o1. The van der Waals surface area contributed by atoms with Crippen molar-refractivity contribution in [2.75, 3.05) is 0 Å². The second-order valence-electron chi connectivity index (χ2n) is 2.83. The molecular weight excluding hydrogens is 200 g/mol. The smallest absolute Gasteiger partial charge is 0.312 e. The van der Waals surface area contributed by atoms with E-state index in [2.05, 4.69) is 0 Å². The van der Waals surface area contributed by atoms with Gasteiger partial charge in [-0.25, -0.2) is 0 Å². The van der Waals surface area contributed by atoms with Crippen LogP contribution in [-0.4, -0.2) is 10.0 Å². The summed E-state index contributed by atoms with van der Waals surface area (Å²) in [5.74, 6) is -0.226. The van der Waals surface area contributed by atoms with E-state index in [4.69, 9.17) is 9.68 Å². The predicted octanol–water partition coefficient (Wildman–Crippen LogP) is 1.92. The number of non-ortho nitro benzene ring substituents is 1. The predicted molar refractivity (Wildman–Crippen MR) is 49.2 cm³/mol. The highest BCUT2D eigenvalue weighted by atomic mass is 16.6. The maximum Gasteiger partial charge on any atom is 0.312 e. The van der Waals surface area contributed by atoms with E-state index in [0.29, 0.717) is 0 Å². The Kier molecular flexibility index (Phi) is 1.80. The number of benzene rings is 1. The van der Waals surface area contributed by atoms with Crippen molar-refractivity contribution in [1.82, 2.24) is 0 Å². The minimum atomic E-state index is -0.633. The van der Waals surface area contributed by atoms with Crippen LogP contribution in [-0.2, 0) is 0 Å². The minimum absolute atomic E-state index is 0.0744. The van der Waals surface area contributed by atoms with Crippen molar-refractivity contribution in [3.05, 3.63) is 34.1 Å². The summed E-state index contributed by atoms with van der Waals surface area (Å²) in [7, 11) is 0. The first-order valence-electron chi connectivity index (χ1n) is 3.93. The molecule has 0 saturated carbocycles. The second kappa shape index (κ2) is 2.99. The van der Waals surface area contributed by atoms with Crippen molar-refractivity contribution in [2.45, 2.75) is 0 Å². The Morgan fingerprint density at radius 1 is 1.53 bits per heavy atom. The monoisotopic (exact) mass is 204 g/mol. The summed E-state index contributed by atoms with van der Waals surface area (Å²) in [5, 5.41) is 28.7. The van der Waals surface area contributed by atoms with Crippen LogP contribution in [0.15, 0.2) is 22.6 Å². The highest BCUT2D eigenvalue weighted by molar-refractivity contribution is 5.91. The van der Waals surface area contributed by atoms with Gasteiger partial charge in [0.15, 0.2) is 0 Å². The van der Waals surface area contributed by atoms with Crippen molar-refractivity contribution < 1.29 is 14.4 Å². The fourth-order valence-electron chi connectivity index (χ4n) is 1.29. The molecule has 0 radical (unpaired) electrons. The lowest BCUT2D eigenvalue weighted by atomic mass is 10.2. The second-order valence-corrected chi connectivity index (χ2v) is 2.83. The number of aromatic hydroxyl groups is 1. The number of hydrogen-bond acceptors (Lipinski definition) is 5. The van der Waals surface area contributed by atoms with Crippen molar-refractivity contribution in [3.8, 4) is 11.8 Å². The lowest BCUT2D eigenvalue weighted by Crippen LogP contribution is -1.87. The molecule has 6 heteroatoms. The summed E-state index contributed by atoms with van der Waals surface area (Å²) < 4.78 is 4.93. The van der Waals surface area contributed by atoms with Crippen LogP contribution < -0.4 is 0 Å². The number of hydrogen-bond donors (Lipinski definition) is 1. The first kappa shape index (κ1) is 9.02. The van der Waals surface area contributed by atoms with E-state index in [9.17, 15) is 15.2 Å². The van der Waals surface area contributed by atoms with Gasteiger partial charge < -0.3 is 9.52 Å². The van der Waals surface area contributed by atoms with Gasteiger partial charge in [0, 0.05) is 12.1 Å². The lowest BCUT2D eigenvalue weighted by molar-refractivity contribution is -0.383. The highest BCUT2D eigenvalue weighted by Crippen LogP contribution is 2.34. The molecule has 1 aromatic heterocycles. The molecule has 6 nitrogen and oxygen atoms in total. The molecule has 2 rings (SSSR count). The summed E-state index contributed by atoms with van der Waals surface area (Å²) >= 11 is 0. The molecule has 0 unspecified atom stereocenters. The number of rotatable bonds is 1. The van der Waals surface area contributed by atoms with Gasteiger partial charge in [-0.3, -0.25) is 10.1 Å². The van der Waals surface area contributed by atoms with Crippen LogP contribution in [0.3, 0.4) is 0 Å². The molecule has 0 saturated heterocycles. The zero-order valence-corrected chi connectivity index (χ0v) is 7.30. The number of phenols is 1. The molecule has 2 aromatic rings. The van der Waals surface area contributed by atoms with E-state index in [1.807, 2.05) is 0 Å². The molecule has 0 fully saturated rings. The van der Waals surface area contributed by atoms with Crippen LogP contribution in [0.5, 0.6) is 5.75 Å². The van der Waals surface area contributed by atoms with E-state index in [0.717, 1.165) is 6.07 Å². The maximum atomic E-state index is 10.6. The summed E-state index contributed by atoms with van der Waals surface area (Å²) in [5.41, 5.74) is -0.360. The van der Waals surface area contributed by atoms with E-state index < -0.39 is 4.92 Å². The van der Waals surface area contributed by atoms with Gasteiger partial charge in [0.05, 0.1) is 10.3 Å². The quantitative estimate of drug-likeness (QED) is 0.564. The number of furan rings is 1. The van der Waals surface area contributed by atoms with E-state index >= 15 is 0 Å². The summed E-state index contributed by atoms with van der Waals surface area (Å²) in [6.07, 6.45) is 0. The van der Waals surface area contributed by atoms with Crippen LogP contribution in [0.1, 0.15) is 5.76 Å². The van der Waals surface area contributed by atoms with Gasteiger partial charge in [-0.1, -0.05) is 0 Å². The summed E-state index contributed by atoms with van der Waals surface area (Å²) in [6, 6.07) is 5.29. The summed E-state index contributed by atoms with van der Waals surface area (Å²) in [4.78, 5) is 9.97. The number of nitriles is 1. The Morgan fingerprint density at radius 2 is 2.27 bits per heavy atom. The Balaban J connectivity index is 2.87. The molecule has 0 aliphatic heterocycles. The number of fused-ring (bicyclic) bond motifs is 1. The standard InChI is InChI=1S/C9H4N2O4/c10-4-5-3-6-8(12)2-1-7(11(13)14)9(6)15-5/h1-3,12H. The van der Waals surface area contributed by atoms with Crippen molar-refractivity contribution in [3.63, 3.8) is 0 Å². The number of nitro benzene ring substituents is 1. The molecule has 74 valence electrons. The zero-order valence-electron chi connectivity index (χ0n) is 7.30. The van der Waals surface area contributed by atoms with Gasteiger partial charge in [0.2, 0.25) is 11.3 Å². The third-order valence-corrected chi connectivity index (χ3v) is 1.95. The molecule has 0 amide bonds. The topological polar surface area (TPSA) is 100 Å². The molecule has 0 bridgehead atoms. The molecule has 0 aliphatic carbocycles. The molecular formula is C9H4N2O4. The minimum Gasteiger partial charge on any atom is -0.507 e. The largest absolute Gasteiger partial charge is 0.507 e. The van der Waals surface area contributed by atoms with Gasteiger partial charge in [-0.15, -0.1) is 0 Å². The van der Waals surface area contributed by atoms with Gasteiger partial charge in [0.1, 0.15) is 11.8 Å². The van der Waals surface area contributed by atoms with Crippen LogP contribution in [0, 0.1) is 21.4 Å². The van der Waals surface area contributed by atoms with Crippen LogP contribution in [0.4, 0.5) is 5.69 Å². The lowest BCUT2D eigenvalue weighted by Gasteiger charge is -1.94. The first-order valence-corrected chi connectivity index (χ1v) is 3.93. The molecule has 1 heterocycles. The average molecular weight is 204 g/mol. The molecule has 0 atom stereocenters. The molecule has 0 spiro atoms. The number of nitrogens with zero attached hydrogens (tertiary/aromatic N) is 2. The maximum absolute atomic E-state index is 10.6. The zero-order chi connectivity index (χ0) is 11.0. The van der Waals surface area contributed by atoms with Gasteiger partial charge in [-0.2, -0.15) is 5.26 Å². The van der Waals surface area contributed by atoms with E-state index in [-0.39, 0.29) is 28.2 Å². The Bertz CT molecular complexity index is 594. The van der Waals surface area contributed by atoms with Crippen molar-refractivity contribution >= 4 is 16.7 Å². The van der Waals surface area contributed by atoms with Gasteiger partial charge in [0.25, 0.3) is 0 Å². The van der Waals surface area contributed by atoms with Crippen molar-refractivity contribution in [1.29, 1.82) is 5.26 Å². The van der Waals surface area contributed by atoms with E-state index in [1.54, 1.807) is 6.07 Å². The molecule has 1 aromatic carbocycles. The van der Waals surface area contributed by atoms with Gasteiger partial charge >= 0.3 is 5.69 Å². The van der Waals surface area contributed by atoms with Crippen LogP contribution in [0.25, 0.3) is 11.0 Å². The number of phenolic OH excluding ortho intramolecular Hbond substituents is 1.